The molecule has 24 heavy (non-hydrogen) atoms. The molecule has 1 aliphatic heterocycles. The van der Waals surface area contributed by atoms with Crippen molar-refractivity contribution in [3.8, 4) is 0 Å². The summed E-state index contributed by atoms with van der Waals surface area (Å²) in [7, 11) is 0. The van der Waals surface area contributed by atoms with E-state index in [1.54, 1.807) is 12.1 Å². The van der Waals surface area contributed by atoms with Gasteiger partial charge in [0.2, 0.25) is 0 Å². The lowest BCUT2D eigenvalue weighted by molar-refractivity contribution is -0.384. The van der Waals surface area contributed by atoms with E-state index in [0.717, 1.165) is 31.6 Å². The smallest absolute Gasteiger partial charge is 0.407 e. The number of nitrogens with one attached hydrogen (secondary N) is 1. The van der Waals surface area contributed by atoms with Gasteiger partial charge in [0.25, 0.3) is 5.69 Å². The molecule has 1 heterocycles. The zero-order valence-corrected chi connectivity index (χ0v) is 14.4. The molecule has 1 N–H and O–H groups in total. The van der Waals surface area contributed by atoms with Gasteiger partial charge in [-0.3, -0.25) is 10.1 Å². The molecule has 0 bridgehead atoms. The van der Waals surface area contributed by atoms with E-state index in [-0.39, 0.29) is 23.2 Å². The van der Waals surface area contributed by atoms with Crippen molar-refractivity contribution in [1.29, 1.82) is 0 Å². The lowest BCUT2D eigenvalue weighted by Gasteiger charge is -2.33. The Hall–Kier alpha value is -2.31. The quantitative estimate of drug-likeness (QED) is 0.674. The van der Waals surface area contributed by atoms with Crippen molar-refractivity contribution in [3.05, 3.63) is 34.4 Å². The lowest BCUT2D eigenvalue weighted by atomic mass is 9.99. The van der Waals surface area contributed by atoms with Gasteiger partial charge in [-0.1, -0.05) is 20.8 Å². The first kappa shape index (κ1) is 18.0. The second-order valence-electron chi connectivity index (χ2n) is 7.32. The van der Waals surface area contributed by atoms with Crippen LogP contribution in [0.4, 0.5) is 16.2 Å². The highest BCUT2D eigenvalue weighted by molar-refractivity contribution is 5.67. The fraction of sp³-hybridized carbons (Fsp3) is 0.588. The Balaban J connectivity index is 1.78. The summed E-state index contributed by atoms with van der Waals surface area (Å²) in [6.07, 6.45) is 1.28. The van der Waals surface area contributed by atoms with Gasteiger partial charge < -0.3 is 15.0 Å². The second-order valence-corrected chi connectivity index (χ2v) is 7.32. The van der Waals surface area contributed by atoms with E-state index in [0.29, 0.717) is 6.61 Å². The number of hydrogen-bond acceptors (Lipinski definition) is 5. The van der Waals surface area contributed by atoms with Crippen LogP contribution in [-0.2, 0) is 4.74 Å². The van der Waals surface area contributed by atoms with Crippen LogP contribution in [0.25, 0.3) is 0 Å². The molecule has 1 aromatic carbocycles. The number of carbonyl (C=O) groups is 1. The molecule has 1 amide bonds. The third-order valence-corrected chi connectivity index (χ3v) is 3.88. The van der Waals surface area contributed by atoms with Crippen molar-refractivity contribution in [2.45, 2.75) is 39.7 Å². The summed E-state index contributed by atoms with van der Waals surface area (Å²) >= 11 is 0. The highest BCUT2D eigenvalue weighted by atomic mass is 16.6. The maximum absolute atomic E-state index is 11.8. The summed E-state index contributed by atoms with van der Waals surface area (Å²) in [5.41, 5.74) is 1.02. The van der Waals surface area contributed by atoms with Crippen molar-refractivity contribution >= 4 is 17.5 Å². The zero-order valence-electron chi connectivity index (χ0n) is 14.4. The van der Waals surface area contributed by atoms with Crippen LogP contribution in [0.2, 0.25) is 0 Å². The third-order valence-electron chi connectivity index (χ3n) is 3.88. The Kier molecular flexibility index (Phi) is 5.64. The second kappa shape index (κ2) is 7.51. The topological polar surface area (TPSA) is 84.7 Å². The van der Waals surface area contributed by atoms with Crippen molar-refractivity contribution in [1.82, 2.24) is 5.32 Å². The summed E-state index contributed by atoms with van der Waals surface area (Å²) in [6, 6.07) is 6.67. The molecule has 0 atom stereocenters. The molecular weight excluding hydrogens is 310 g/mol. The molecule has 7 heteroatoms. The fourth-order valence-corrected chi connectivity index (χ4v) is 2.56. The Morgan fingerprint density at radius 2 is 1.88 bits per heavy atom. The molecular formula is C17H25N3O4. The fourth-order valence-electron chi connectivity index (χ4n) is 2.56. The zero-order chi connectivity index (χ0) is 17.7. The molecule has 0 spiro atoms. The number of anilines is 1. The number of alkyl carbamates (subject to hydrolysis) is 1. The third kappa shape index (κ3) is 5.40. The summed E-state index contributed by atoms with van der Waals surface area (Å²) < 4.78 is 5.23. The largest absolute Gasteiger partial charge is 0.449 e. The van der Waals surface area contributed by atoms with Gasteiger partial charge in [-0.25, -0.2) is 4.79 Å². The van der Waals surface area contributed by atoms with E-state index in [1.165, 1.54) is 12.1 Å². The van der Waals surface area contributed by atoms with E-state index in [2.05, 4.69) is 10.2 Å². The van der Waals surface area contributed by atoms with E-state index >= 15 is 0 Å². The molecule has 0 radical (unpaired) electrons. The summed E-state index contributed by atoms with van der Waals surface area (Å²) in [5, 5.41) is 13.6. The summed E-state index contributed by atoms with van der Waals surface area (Å²) in [4.78, 5) is 24.3. The molecule has 1 saturated heterocycles. The first-order chi connectivity index (χ1) is 11.2. The van der Waals surface area contributed by atoms with Crippen molar-refractivity contribution in [2.75, 3.05) is 24.6 Å². The molecule has 132 valence electrons. The molecule has 1 aliphatic rings. The van der Waals surface area contributed by atoms with E-state index in [9.17, 15) is 14.9 Å². The minimum atomic E-state index is -0.400. The predicted octanol–water partition coefficient (Wildman–Crippen LogP) is 3.34. The average Bonchev–Trinajstić information content (AvgIpc) is 2.53. The van der Waals surface area contributed by atoms with Gasteiger partial charge in [0.15, 0.2) is 0 Å². The van der Waals surface area contributed by atoms with E-state index in [1.807, 2.05) is 20.8 Å². The van der Waals surface area contributed by atoms with Gasteiger partial charge in [-0.2, -0.15) is 0 Å². The Bertz CT molecular complexity index is 572. The van der Waals surface area contributed by atoms with E-state index in [4.69, 9.17) is 4.74 Å². The Morgan fingerprint density at radius 3 is 2.38 bits per heavy atom. The van der Waals surface area contributed by atoms with Gasteiger partial charge in [-0.15, -0.1) is 0 Å². The van der Waals surface area contributed by atoms with Crippen LogP contribution in [0.3, 0.4) is 0 Å². The number of carbonyl (C=O) groups excluding carboxylic acids is 1. The number of hydrogen-bond donors (Lipinski definition) is 1. The predicted molar refractivity (Wildman–Crippen MR) is 92.3 cm³/mol. The van der Waals surface area contributed by atoms with Crippen LogP contribution in [-0.4, -0.2) is 36.8 Å². The Labute approximate surface area is 142 Å². The highest BCUT2D eigenvalue weighted by Gasteiger charge is 2.22. The first-order valence-electron chi connectivity index (χ1n) is 8.17. The molecule has 2 rings (SSSR count). The highest BCUT2D eigenvalue weighted by Crippen LogP contribution is 2.23. The van der Waals surface area contributed by atoms with Crippen LogP contribution in [0.15, 0.2) is 24.3 Å². The number of ether oxygens (including phenoxy) is 1. The molecule has 0 aliphatic carbocycles. The number of amides is 1. The monoisotopic (exact) mass is 335 g/mol. The van der Waals surface area contributed by atoms with Crippen molar-refractivity contribution < 1.29 is 14.5 Å². The minimum absolute atomic E-state index is 0.0450. The van der Waals surface area contributed by atoms with Crippen molar-refractivity contribution in [3.63, 3.8) is 0 Å². The van der Waals surface area contributed by atoms with E-state index < -0.39 is 4.92 Å². The normalized spacial score (nSPS) is 15.9. The van der Waals surface area contributed by atoms with Crippen LogP contribution in [0.1, 0.15) is 33.6 Å². The van der Waals surface area contributed by atoms with Gasteiger partial charge in [0.1, 0.15) is 0 Å². The molecule has 0 aromatic heterocycles. The summed E-state index contributed by atoms with van der Waals surface area (Å²) in [6.45, 7) is 8.03. The number of non-ortho nitro benzene ring substituents is 1. The maximum atomic E-state index is 11.8. The van der Waals surface area contributed by atoms with Gasteiger partial charge in [-0.05, 0) is 30.4 Å². The van der Waals surface area contributed by atoms with Crippen LogP contribution < -0.4 is 10.2 Å². The van der Waals surface area contributed by atoms with Gasteiger partial charge >= 0.3 is 6.09 Å². The standard InChI is InChI=1S/C17H25N3O4/c1-17(2,3)12-24-16(21)18-13-8-10-19(11-9-13)14-4-6-15(7-5-14)20(22)23/h4-7,13H,8-12H2,1-3H3,(H,18,21). The molecule has 7 nitrogen and oxygen atoms in total. The number of nitro groups is 1. The van der Waals surface area contributed by atoms with Crippen LogP contribution in [0.5, 0.6) is 0 Å². The van der Waals surface area contributed by atoms with Crippen molar-refractivity contribution in [2.24, 2.45) is 5.41 Å². The lowest BCUT2D eigenvalue weighted by Crippen LogP contribution is -2.45. The van der Waals surface area contributed by atoms with Gasteiger partial charge in [0.05, 0.1) is 11.5 Å². The van der Waals surface area contributed by atoms with Crippen LogP contribution in [0, 0.1) is 15.5 Å². The Morgan fingerprint density at radius 1 is 1.29 bits per heavy atom. The molecule has 0 unspecified atom stereocenters. The number of rotatable bonds is 4. The maximum Gasteiger partial charge on any atom is 0.407 e. The number of piperidine rings is 1. The molecule has 1 aromatic rings. The number of benzene rings is 1. The summed E-state index contributed by atoms with van der Waals surface area (Å²) in [5.74, 6) is 0. The minimum Gasteiger partial charge on any atom is -0.449 e. The first-order valence-corrected chi connectivity index (χ1v) is 8.17. The van der Waals surface area contributed by atoms with Gasteiger partial charge in [0, 0.05) is 37.0 Å². The number of nitrogens with zero attached hydrogens (tertiary/aromatic N) is 2. The molecule has 0 saturated carbocycles. The SMILES string of the molecule is CC(C)(C)COC(=O)NC1CCN(c2ccc([N+](=O)[O-])cc2)CC1. The van der Waals surface area contributed by atoms with Crippen LogP contribution >= 0.6 is 0 Å². The number of nitro benzene ring substituents is 1. The average molecular weight is 335 g/mol. The molecule has 1 fully saturated rings.